The van der Waals surface area contributed by atoms with E-state index in [2.05, 4.69) is 46.9 Å². The first-order valence-electron chi connectivity index (χ1n) is 6.79. The normalized spacial score (nSPS) is 12.5. The summed E-state index contributed by atoms with van der Waals surface area (Å²) in [6, 6.07) is 13.0. The first kappa shape index (κ1) is 16.0. The number of nitrogens with zero attached hydrogens (tertiary/aromatic N) is 1. The van der Waals surface area contributed by atoms with Crippen molar-refractivity contribution in [1.82, 2.24) is 4.90 Å². The van der Waals surface area contributed by atoms with Crippen molar-refractivity contribution in [3.63, 3.8) is 0 Å². The largest absolute Gasteiger partial charge is 0.496 e. The van der Waals surface area contributed by atoms with Crippen LogP contribution in [0.25, 0.3) is 0 Å². The molecule has 0 aliphatic heterocycles. The van der Waals surface area contributed by atoms with Crippen LogP contribution in [0.4, 0.5) is 4.39 Å². The van der Waals surface area contributed by atoms with Gasteiger partial charge in [-0.15, -0.1) is 0 Å². The molecule has 1 atom stereocenters. The average molecular weight is 352 g/mol. The molecule has 0 aliphatic rings. The van der Waals surface area contributed by atoms with Crippen LogP contribution in [0.2, 0.25) is 0 Å². The summed E-state index contributed by atoms with van der Waals surface area (Å²) in [5.41, 5.74) is 2.30. The molecule has 0 aliphatic carbocycles. The van der Waals surface area contributed by atoms with Crippen LogP contribution in [0, 0.1) is 5.82 Å². The number of hydrogen-bond donors (Lipinski definition) is 0. The zero-order valence-corrected chi connectivity index (χ0v) is 14.0. The first-order chi connectivity index (χ1) is 10.0. The van der Waals surface area contributed by atoms with E-state index in [1.165, 1.54) is 17.7 Å². The Balaban J connectivity index is 2.08. The van der Waals surface area contributed by atoms with E-state index in [0.717, 1.165) is 22.3 Å². The quantitative estimate of drug-likeness (QED) is 0.767. The van der Waals surface area contributed by atoms with Gasteiger partial charge in [0.2, 0.25) is 0 Å². The maximum Gasteiger partial charge on any atom is 0.133 e. The monoisotopic (exact) mass is 351 g/mol. The third-order valence-corrected chi connectivity index (χ3v) is 4.28. The Labute approximate surface area is 133 Å². The van der Waals surface area contributed by atoms with Gasteiger partial charge in [0.1, 0.15) is 11.6 Å². The Morgan fingerprint density at radius 2 is 1.86 bits per heavy atom. The van der Waals surface area contributed by atoms with Crippen LogP contribution in [-0.4, -0.2) is 19.1 Å². The molecule has 0 heterocycles. The molecule has 0 bridgehead atoms. The number of benzene rings is 2. The molecular weight excluding hydrogens is 333 g/mol. The SMILES string of the molecule is COc1ccc(CN(C)C(C)c2ccc(F)cc2)cc1Br. The van der Waals surface area contributed by atoms with Crippen LogP contribution in [0.15, 0.2) is 46.9 Å². The Morgan fingerprint density at radius 3 is 2.43 bits per heavy atom. The summed E-state index contributed by atoms with van der Waals surface area (Å²) >= 11 is 3.50. The van der Waals surface area contributed by atoms with E-state index in [4.69, 9.17) is 4.74 Å². The number of methoxy groups -OCH3 is 1. The zero-order chi connectivity index (χ0) is 15.4. The Hall–Kier alpha value is -1.39. The lowest BCUT2D eigenvalue weighted by atomic mass is 10.1. The molecule has 0 amide bonds. The van der Waals surface area contributed by atoms with Gasteiger partial charge in [0.15, 0.2) is 0 Å². The van der Waals surface area contributed by atoms with Gasteiger partial charge in [-0.2, -0.15) is 0 Å². The van der Waals surface area contributed by atoms with Gasteiger partial charge in [0.05, 0.1) is 11.6 Å². The predicted molar refractivity (Wildman–Crippen MR) is 87.0 cm³/mol. The molecule has 112 valence electrons. The number of hydrogen-bond acceptors (Lipinski definition) is 2. The molecular formula is C17H19BrFNO. The minimum Gasteiger partial charge on any atom is -0.496 e. The standard InChI is InChI=1S/C17H19BrFNO/c1-12(14-5-7-15(19)8-6-14)20(2)11-13-4-9-17(21-3)16(18)10-13/h4-10,12H,11H2,1-3H3. The van der Waals surface area contributed by atoms with Gasteiger partial charge >= 0.3 is 0 Å². The molecule has 4 heteroatoms. The van der Waals surface area contributed by atoms with Gasteiger partial charge in [-0.1, -0.05) is 18.2 Å². The second-order valence-electron chi connectivity index (χ2n) is 5.11. The molecule has 0 fully saturated rings. The van der Waals surface area contributed by atoms with E-state index in [-0.39, 0.29) is 11.9 Å². The second kappa shape index (κ2) is 7.05. The van der Waals surface area contributed by atoms with Gasteiger partial charge in [-0.3, -0.25) is 4.90 Å². The minimum atomic E-state index is -0.201. The number of ether oxygens (including phenoxy) is 1. The highest BCUT2D eigenvalue weighted by molar-refractivity contribution is 9.10. The molecule has 0 N–H and O–H groups in total. The lowest BCUT2D eigenvalue weighted by Gasteiger charge is -2.25. The fourth-order valence-electron chi connectivity index (χ4n) is 2.23. The maximum absolute atomic E-state index is 13.0. The first-order valence-corrected chi connectivity index (χ1v) is 7.58. The number of halogens is 2. The molecule has 0 spiro atoms. The van der Waals surface area contributed by atoms with Crippen LogP contribution < -0.4 is 4.74 Å². The van der Waals surface area contributed by atoms with E-state index < -0.39 is 0 Å². The molecule has 2 nitrogen and oxygen atoms in total. The molecule has 0 saturated carbocycles. The summed E-state index contributed by atoms with van der Waals surface area (Å²) in [5, 5.41) is 0. The lowest BCUT2D eigenvalue weighted by molar-refractivity contribution is 0.253. The van der Waals surface area contributed by atoms with Crippen LogP contribution in [0.5, 0.6) is 5.75 Å². The molecule has 1 unspecified atom stereocenters. The van der Waals surface area contributed by atoms with Crippen molar-refractivity contribution in [3.05, 3.63) is 63.9 Å². The van der Waals surface area contributed by atoms with Crippen LogP contribution >= 0.6 is 15.9 Å². The van der Waals surface area contributed by atoms with Gasteiger partial charge in [-0.25, -0.2) is 4.39 Å². The summed E-state index contributed by atoms with van der Waals surface area (Å²) in [6.07, 6.45) is 0. The highest BCUT2D eigenvalue weighted by atomic mass is 79.9. The van der Waals surface area contributed by atoms with E-state index in [9.17, 15) is 4.39 Å². The number of rotatable bonds is 5. The predicted octanol–water partition coefficient (Wildman–Crippen LogP) is 4.79. The van der Waals surface area contributed by atoms with E-state index in [1.54, 1.807) is 7.11 Å². The molecule has 0 saturated heterocycles. The average Bonchev–Trinajstić information content (AvgIpc) is 2.47. The molecule has 0 radical (unpaired) electrons. The Morgan fingerprint density at radius 1 is 1.19 bits per heavy atom. The summed E-state index contributed by atoms with van der Waals surface area (Å²) in [4.78, 5) is 2.22. The van der Waals surface area contributed by atoms with Crippen molar-refractivity contribution in [2.75, 3.05) is 14.2 Å². The topological polar surface area (TPSA) is 12.5 Å². The van der Waals surface area contributed by atoms with Crippen molar-refractivity contribution >= 4 is 15.9 Å². The van der Waals surface area contributed by atoms with Gasteiger partial charge < -0.3 is 4.74 Å². The smallest absolute Gasteiger partial charge is 0.133 e. The second-order valence-corrected chi connectivity index (χ2v) is 5.97. The minimum absolute atomic E-state index is 0.201. The highest BCUT2D eigenvalue weighted by Gasteiger charge is 2.13. The van der Waals surface area contributed by atoms with Crippen molar-refractivity contribution in [1.29, 1.82) is 0 Å². The highest BCUT2D eigenvalue weighted by Crippen LogP contribution is 2.27. The fourth-order valence-corrected chi connectivity index (χ4v) is 2.82. The van der Waals surface area contributed by atoms with E-state index in [1.807, 2.05) is 18.2 Å². The maximum atomic E-state index is 13.0. The Bertz CT molecular complexity index is 600. The third kappa shape index (κ3) is 4.05. The van der Waals surface area contributed by atoms with Crippen molar-refractivity contribution in [2.45, 2.75) is 19.5 Å². The van der Waals surface area contributed by atoms with Gasteiger partial charge in [0, 0.05) is 12.6 Å². The lowest BCUT2D eigenvalue weighted by Crippen LogP contribution is -2.21. The van der Waals surface area contributed by atoms with Crippen LogP contribution in [-0.2, 0) is 6.54 Å². The summed E-state index contributed by atoms with van der Waals surface area (Å²) in [5.74, 6) is 0.626. The van der Waals surface area contributed by atoms with Crippen molar-refractivity contribution in [2.24, 2.45) is 0 Å². The van der Waals surface area contributed by atoms with E-state index in [0.29, 0.717) is 0 Å². The molecule has 0 aromatic heterocycles. The zero-order valence-electron chi connectivity index (χ0n) is 12.4. The van der Waals surface area contributed by atoms with E-state index >= 15 is 0 Å². The van der Waals surface area contributed by atoms with Crippen molar-refractivity contribution < 1.29 is 9.13 Å². The van der Waals surface area contributed by atoms with Gasteiger partial charge in [-0.05, 0) is 65.3 Å². The fraction of sp³-hybridized carbons (Fsp3) is 0.294. The Kier molecular flexibility index (Phi) is 5.37. The summed E-state index contributed by atoms with van der Waals surface area (Å²) in [6.45, 7) is 2.92. The van der Waals surface area contributed by atoms with Crippen LogP contribution in [0.1, 0.15) is 24.1 Å². The molecule has 2 rings (SSSR count). The summed E-state index contributed by atoms with van der Waals surface area (Å²) < 4.78 is 19.2. The van der Waals surface area contributed by atoms with Gasteiger partial charge in [0.25, 0.3) is 0 Å². The molecule has 2 aromatic rings. The van der Waals surface area contributed by atoms with Crippen molar-refractivity contribution in [3.8, 4) is 5.75 Å². The molecule has 21 heavy (non-hydrogen) atoms. The molecule has 2 aromatic carbocycles. The third-order valence-electron chi connectivity index (χ3n) is 3.66. The summed E-state index contributed by atoms with van der Waals surface area (Å²) in [7, 11) is 3.72. The van der Waals surface area contributed by atoms with Crippen LogP contribution in [0.3, 0.4) is 0 Å².